The van der Waals surface area contributed by atoms with E-state index in [0.29, 0.717) is 12.5 Å². The van der Waals surface area contributed by atoms with Crippen LogP contribution in [0.3, 0.4) is 0 Å². The highest BCUT2D eigenvalue weighted by Gasteiger charge is 2.23. The lowest BCUT2D eigenvalue weighted by molar-refractivity contribution is -0.121. The minimum Gasteiger partial charge on any atom is -0.351 e. The van der Waals surface area contributed by atoms with Crippen molar-refractivity contribution in [3.63, 3.8) is 0 Å². The first-order valence-corrected chi connectivity index (χ1v) is 8.13. The van der Waals surface area contributed by atoms with Crippen LogP contribution in [0.15, 0.2) is 34.2 Å². The summed E-state index contributed by atoms with van der Waals surface area (Å²) in [6.45, 7) is 1.47. The fraction of sp³-hybridized carbons (Fsp3) is 0.438. The molecule has 1 aliphatic heterocycles. The van der Waals surface area contributed by atoms with Crippen LogP contribution in [-0.2, 0) is 18.3 Å². The standard InChI is InChI=1S/C16H20N6O3/c1-21-14(24)11(9-19-16(21)25)8-13(23)20-12-4-2-7-22(10-12)15-17-5-3-6-18-15/h3,5-6,9,12H,2,4,7-8,10H2,1H3,(H,19,25)(H,20,23). The smallest absolute Gasteiger partial charge is 0.328 e. The normalized spacial score (nSPS) is 17.3. The van der Waals surface area contributed by atoms with E-state index in [1.165, 1.54) is 13.2 Å². The Morgan fingerprint density at radius 3 is 2.88 bits per heavy atom. The molecule has 0 aliphatic carbocycles. The third kappa shape index (κ3) is 3.93. The van der Waals surface area contributed by atoms with E-state index in [0.717, 1.165) is 24.0 Å². The maximum atomic E-state index is 12.3. The molecule has 9 heteroatoms. The Balaban J connectivity index is 1.62. The second-order valence-electron chi connectivity index (χ2n) is 6.06. The molecular formula is C16H20N6O3. The van der Waals surface area contributed by atoms with Crippen LogP contribution >= 0.6 is 0 Å². The number of aromatic amines is 1. The van der Waals surface area contributed by atoms with Crippen molar-refractivity contribution in [2.24, 2.45) is 7.05 Å². The molecule has 132 valence electrons. The van der Waals surface area contributed by atoms with E-state index < -0.39 is 11.2 Å². The lowest BCUT2D eigenvalue weighted by Crippen LogP contribution is -2.49. The molecule has 3 heterocycles. The predicted octanol–water partition coefficient (Wildman–Crippen LogP) is -0.809. The SMILES string of the molecule is Cn1c(=O)[nH]cc(CC(=O)NC2CCCN(c3ncccn3)C2)c1=O. The molecule has 0 radical (unpaired) electrons. The van der Waals surface area contributed by atoms with Gasteiger partial charge in [-0.15, -0.1) is 0 Å². The first kappa shape index (κ1) is 16.9. The highest BCUT2D eigenvalue weighted by Crippen LogP contribution is 2.15. The molecule has 9 nitrogen and oxygen atoms in total. The topological polar surface area (TPSA) is 113 Å². The molecule has 1 atom stereocenters. The molecule has 0 bridgehead atoms. The van der Waals surface area contributed by atoms with Crippen molar-refractivity contribution < 1.29 is 4.79 Å². The van der Waals surface area contributed by atoms with Gasteiger partial charge in [-0.1, -0.05) is 0 Å². The zero-order valence-electron chi connectivity index (χ0n) is 13.9. The number of carbonyl (C=O) groups is 1. The summed E-state index contributed by atoms with van der Waals surface area (Å²) in [6.07, 6.45) is 6.40. The number of amides is 1. The molecule has 1 aliphatic rings. The van der Waals surface area contributed by atoms with Gasteiger partial charge in [-0.25, -0.2) is 14.8 Å². The monoisotopic (exact) mass is 344 g/mol. The number of rotatable bonds is 4. The summed E-state index contributed by atoms with van der Waals surface area (Å²) < 4.78 is 0.956. The molecule has 0 spiro atoms. The lowest BCUT2D eigenvalue weighted by Gasteiger charge is -2.33. The zero-order chi connectivity index (χ0) is 17.8. The van der Waals surface area contributed by atoms with Crippen LogP contribution in [0, 0.1) is 0 Å². The van der Waals surface area contributed by atoms with Crippen molar-refractivity contribution in [1.82, 2.24) is 24.8 Å². The first-order chi connectivity index (χ1) is 12.0. The van der Waals surface area contributed by atoms with Crippen LogP contribution in [0.4, 0.5) is 5.95 Å². The third-order valence-corrected chi connectivity index (χ3v) is 4.23. The van der Waals surface area contributed by atoms with Crippen LogP contribution in [0.25, 0.3) is 0 Å². The van der Waals surface area contributed by atoms with Crippen molar-refractivity contribution >= 4 is 11.9 Å². The van der Waals surface area contributed by atoms with Gasteiger partial charge >= 0.3 is 5.69 Å². The van der Waals surface area contributed by atoms with Crippen molar-refractivity contribution in [2.45, 2.75) is 25.3 Å². The maximum absolute atomic E-state index is 12.3. The van der Waals surface area contributed by atoms with E-state index in [4.69, 9.17) is 0 Å². The Hall–Kier alpha value is -2.97. The summed E-state index contributed by atoms with van der Waals surface area (Å²) in [5.41, 5.74) is -0.694. The van der Waals surface area contributed by atoms with Gasteiger partial charge in [0.25, 0.3) is 5.56 Å². The molecule has 2 aromatic heterocycles. The van der Waals surface area contributed by atoms with Gasteiger partial charge in [-0.2, -0.15) is 0 Å². The Morgan fingerprint density at radius 1 is 1.36 bits per heavy atom. The van der Waals surface area contributed by atoms with Gasteiger partial charge in [-0.05, 0) is 18.9 Å². The molecule has 1 fully saturated rings. The number of nitrogens with zero attached hydrogens (tertiary/aromatic N) is 4. The van der Waals surface area contributed by atoms with Gasteiger partial charge in [0, 0.05) is 50.3 Å². The number of H-pyrrole nitrogens is 1. The average molecular weight is 344 g/mol. The van der Waals surface area contributed by atoms with Crippen LogP contribution < -0.4 is 21.5 Å². The average Bonchev–Trinajstić information content (AvgIpc) is 2.63. The molecule has 1 amide bonds. The minimum atomic E-state index is -0.500. The molecule has 0 aromatic carbocycles. The van der Waals surface area contributed by atoms with Crippen LogP contribution in [0.1, 0.15) is 18.4 Å². The number of nitrogens with one attached hydrogen (secondary N) is 2. The summed E-state index contributed by atoms with van der Waals surface area (Å²) in [4.78, 5) is 48.6. The van der Waals surface area contributed by atoms with Gasteiger partial charge < -0.3 is 15.2 Å². The molecule has 1 saturated heterocycles. The second-order valence-corrected chi connectivity index (χ2v) is 6.06. The molecule has 25 heavy (non-hydrogen) atoms. The van der Waals surface area contributed by atoms with Gasteiger partial charge in [0.15, 0.2) is 0 Å². The number of aromatic nitrogens is 4. The van der Waals surface area contributed by atoms with E-state index in [1.54, 1.807) is 18.5 Å². The molecule has 2 N–H and O–H groups in total. The zero-order valence-corrected chi connectivity index (χ0v) is 13.9. The van der Waals surface area contributed by atoms with Gasteiger partial charge in [0.2, 0.25) is 11.9 Å². The van der Waals surface area contributed by atoms with Gasteiger partial charge in [0.1, 0.15) is 0 Å². The summed E-state index contributed by atoms with van der Waals surface area (Å²) in [5, 5.41) is 2.95. The summed E-state index contributed by atoms with van der Waals surface area (Å²) >= 11 is 0. The quantitative estimate of drug-likeness (QED) is 0.750. The van der Waals surface area contributed by atoms with E-state index >= 15 is 0 Å². The number of carbonyl (C=O) groups excluding carboxylic acids is 1. The van der Waals surface area contributed by atoms with Crippen molar-refractivity contribution in [2.75, 3.05) is 18.0 Å². The number of piperidine rings is 1. The summed E-state index contributed by atoms with van der Waals surface area (Å²) in [7, 11) is 1.38. The van der Waals surface area contributed by atoms with E-state index in [1.807, 2.05) is 4.90 Å². The Labute approximate surface area is 143 Å². The van der Waals surface area contributed by atoms with Crippen LogP contribution in [0.2, 0.25) is 0 Å². The van der Waals surface area contributed by atoms with E-state index in [9.17, 15) is 14.4 Å². The molecule has 3 rings (SSSR count). The first-order valence-electron chi connectivity index (χ1n) is 8.13. The highest BCUT2D eigenvalue weighted by atomic mass is 16.2. The Bertz CT molecular complexity index is 860. The van der Waals surface area contributed by atoms with Crippen LogP contribution in [0.5, 0.6) is 0 Å². The largest absolute Gasteiger partial charge is 0.351 e. The van der Waals surface area contributed by atoms with E-state index in [2.05, 4.69) is 20.3 Å². The fourth-order valence-corrected chi connectivity index (χ4v) is 2.92. The molecule has 0 saturated carbocycles. The predicted molar refractivity (Wildman–Crippen MR) is 91.4 cm³/mol. The van der Waals surface area contributed by atoms with Crippen molar-refractivity contribution in [3.8, 4) is 0 Å². The second kappa shape index (κ2) is 7.29. The molecular weight excluding hydrogens is 324 g/mol. The maximum Gasteiger partial charge on any atom is 0.328 e. The molecule has 1 unspecified atom stereocenters. The lowest BCUT2D eigenvalue weighted by atomic mass is 10.1. The van der Waals surface area contributed by atoms with Crippen molar-refractivity contribution in [1.29, 1.82) is 0 Å². The summed E-state index contributed by atoms with van der Waals surface area (Å²) in [5.74, 6) is 0.404. The summed E-state index contributed by atoms with van der Waals surface area (Å²) in [6, 6.07) is 1.73. The number of hydrogen-bond acceptors (Lipinski definition) is 6. The number of hydrogen-bond donors (Lipinski definition) is 2. The minimum absolute atomic E-state index is 0.0309. The van der Waals surface area contributed by atoms with Crippen molar-refractivity contribution in [3.05, 3.63) is 51.1 Å². The van der Waals surface area contributed by atoms with Gasteiger partial charge in [-0.3, -0.25) is 14.2 Å². The third-order valence-electron chi connectivity index (χ3n) is 4.23. The van der Waals surface area contributed by atoms with Crippen LogP contribution in [-0.4, -0.2) is 44.6 Å². The van der Waals surface area contributed by atoms with Gasteiger partial charge in [0.05, 0.1) is 6.42 Å². The Morgan fingerprint density at radius 2 is 2.12 bits per heavy atom. The van der Waals surface area contributed by atoms with E-state index in [-0.39, 0.29) is 23.9 Å². The highest BCUT2D eigenvalue weighted by molar-refractivity contribution is 5.78. The molecule has 2 aromatic rings. The number of anilines is 1. The fourth-order valence-electron chi connectivity index (χ4n) is 2.92. The Kier molecular flexibility index (Phi) is 4.92.